The highest BCUT2D eigenvalue weighted by Crippen LogP contribution is 2.10. The van der Waals surface area contributed by atoms with E-state index in [1.54, 1.807) is 10.7 Å². The molecule has 0 aliphatic carbocycles. The third-order valence-electron chi connectivity index (χ3n) is 3.87. The molecule has 0 bridgehead atoms. The summed E-state index contributed by atoms with van der Waals surface area (Å²) < 4.78 is 1.60. The molecule has 1 saturated heterocycles. The Balaban J connectivity index is 1.90. The van der Waals surface area contributed by atoms with Crippen molar-refractivity contribution in [1.29, 1.82) is 0 Å². The molecule has 110 valence electrons. The normalized spacial score (nSPS) is 18.9. The van der Waals surface area contributed by atoms with E-state index in [4.69, 9.17) is 0 Å². The summed E-state index contributed by atoms with van der Waals surface area (Å²) in [7, 11) is 0. The summed E-state index contributed by atoms with van der Waals surface area (Å²) >= 11 is 0. The smallest absolute Gasteiger partial charge is 0.244 e. The van der Waals surface area contributed by atoms with E-state index in [2.05, 4.69) is 10.4 Å². The summed E-state index contributed by atoms with van der Waals surface area (Å²) in [4.78, 5) is 26.1. The summed E-state index contributed by atoms with van der Waals surface area (Å²) in [5.74, 6) is 0.0327. The van der Waals surface area contributed by atoms with E-state index in [9.17, 15) is 9.59 Å². The molecule has 6 heteroatoms. The highest BCUT2D eigenvalue weighted by molar-refractivity contribution is 5.81. The number of fused-ring (bicyclic) bond motifs is 1. The van der Waals surface area contributed by atoms with Crippen LogP contribution in [0.5, 0.6) is 0 Å². The van der Waals surface area contributed by atoms with Crippen molar-refractivity contribution < 1.29 is 4.79 Å². The lowest BCUT2D eigenvalue weighted by atomic mass is 10.2. The van der Waals surface area contributed by atoms with Crippen molar-refractivity contribution in [2.45, 2.75) is 19.5 Å². The lowest BCUT2D eigenvalue weighted by molar-refractivity contribution is -0.134. The van der Waals surface area contributed by atoms with E-state index in [0.717, 1.165) is 13.1 Å². The van der Waals surface area contributed by atoms with Gasteiger partial charge < -0.3 is 10.2 Å². The summed E-state index contributed by atoms with van der Waals surface area (Å²) in [5.41, 5.74) is 0.575. The lowest BCUT2D eigenvalue weighted by Crippen LogP contribution is -2.53. The van der Waals surface area contributed by atoms with Gasteiger partial charge in [0.25, 0.3) is 0 Å². The van der Waals surface area contributed by atoms with Crippen LogP contribution in [0.15, 0.2) is 35.3 Å². The number of amides is 1. The Morgan fingerprint density at radius 1 is 1.43 bits per heavy atom. The van der Waals surface area contributed by atoms with Gasteiger partial charge in [-0.15, -0.1) is 0 Å². The molecule has 3 rings (SSSR count). The fourth-order valence-electron chi connectivity index (χ4n) is 2.72. The second-order valence-corrected chi connectivity index (χ2v) is 5.32. The molecule has 0 radical (unpaired) electrons. The molecular formula is C15H18N4O2. The van der Waals surface area contributed by atoms with Crippen molar-refractivity contribution in [2.24, 2.45) is 0 Å². The van der Waals surface area contributed by atoms with Gasteiger partial charge in [0.15, 0.2) is 0 Å². The number of para-hydroxylation sites is 1. The molecule has 6 nitrogen and oxygen atoms in total. The third-order valence-corrected chi connectivity index (χ3v) is 3.87. The molecule has 1 aliphatic heterocycles. The van der Waals surface area contributed by atoms with Crippen LogP contribution < -0.4 is 10.7 Å². The monoisotopic (exact) mass is 286 g/mol. The van der Waals surface area contributed by atoms with Gasteiger partial charge in [-0.3, -0.25) is 14.3 Å². The number of carbonyl (C=O) groups excluding carboxylic acids is 1. The fourth-order valence-corrected chi connectivity index (χ4v) is 2.72. The Morgan fingerprint density at radius 3 is 3.05 bits per heavy atom. The molecule has 1 N–H and O–H groups in total. The first-order valence-electron chi connectivity index (χ1n) is 7.12. The first kappa shape index (κ1) is 13.8. The Morgan fingerprint density at radius 2 is 2.24 bits per heavy atom. The van der Waals surface area contributed by atoms with E-state index >= 15 is 0 Å². The number of hydrogen-bond acceptors (Lipinski definition) is 4. The summed E-state index contributed by atoms with van der Waals surface area (Å²) in [6.45, 7) is 4.52. The van der Waals surface area contributed by atoms with Crippen LogP contribution in [0, 0.1) is 0 Å². The van der Waals surface area contributed by atoms with Gasteiger partial charge in [0.1, 0.15) is 6.54 Å². The first-order chi connectivity index (χ1) is 10.2. The molecule has 1 amide bonds. The van der Waals surface area contributed by atoms with Gasteiger partial charge in [-0.05, 0) is 19.1 Å². The van der Waals surface area contributed by atoms with Gasteiger partial charge in [-0.2, -0.15) is 5.10 Å². The predicted octanol–water partition coefficient (Wildman–Crippen LogP) is 0.217. The number of nitrogens with one attached hydrogen (secondary N) is 1. The highest BCUT2D eigenvalue weighted by atomic mass is 16.2. The second-order valence-electron chi connectivity index (χ2n) is 5.32. The Kier molecular flexibility index (Phi) is 3.70. The van der Waals surface area contributed by atoms with Crippen molar-refractivity contribution >= 4 is 16.8 Å². The highest BCUT2D eigenvalue weighted by Gasteiger charge is 2.23. The zero-order valence-corrected chi connectivity index (χ0v) is 12.0. The number of benzene rings is 1. The van der Waals surface area contributed by atoms with Crippen LogP contribution in [0.1, 0.15) is 6.92 Å². The van der Waals surface area contributed by atoms with E-state index in [1.165, 1.54) is 6.20 Å². The number of piperazine rings is 1. The third kappa shape index (κ3) is 2.67. The Hall–Kier alpha value is -2.21. The molecule has 0 unspecified atom stereocenters. The van der Waals surface area contributed by atoms with E-state index in [0.29, 0.717) is 17.4 Å². The number of carbonyl (C=O) groups is 1. The molecule has 1 aromatic carbocycles. The molecule has 2 aromatic rings. The fraction of sp³-hybridized carbons (Fsp3) is 0.400. The summed E-state index contributed by atoms with van der Waals surface area (Å²) in [6.07, 6.45) is 1.27. The maximum Gasteiger partial charge on any atom is 0.244 e. The molecule has 1 atom stereocenters. The zero-order valence-electron chi connectivity index (χ0n) is 12.0. The minimum absolute atomic E-state index is 0.0327. The van der Waals surface area contributed by atoms with Gasteiger partial charge in [0.2, 0.25) is 11.3 Å². The molecule has 21 heavy (non-hydrogen) atoms. The SMILES string of the molecule is C[C@H]1CNCCN1C(=O)Cn1ncc(=O)c2ccccc21. The standard InChI is InChI=1S/C15H18N4O2/c1-11-8-16-6-7-18(11)15(21)10-19-13-5-3-2-4-12(13)14(20)9-17-19/h2-5,9,11,16H,6-8,10H2,1H3/t11-/m0/s1. The number of rotatable bonds is 2. The number of nitrogens with zero attached hydrogens (tertiary/aromatic N) is 3. The molecule has 1 aromatic heterocycles. The molecule has 0 spiro atoms. The van der Waals surface area contributed by atoms with Crippen LogP contribution in [0.3, 0.4) is 0 Å². The summed E-state index contributed by atoms with van der Waals surface area (Å²) in [6, 6.07) is 7.41. The van der Waals surface area contributed by atoms with Crippen LogP contribution in [0.2, 0.25) is 0 Å². The van der Waals surface area contributed by atoms with Crippen LogP contribution >= 0.6 is 0 Å². The van der Waals surface area contributed by atoms with Crippen molar-refractivity contribution in [3.8, 4) is 0 Å². The average molecular weight is 286 g/mol. The van der Waals surface area contributed by atoms with E-state index in [-0.39, 0.29) is 23.9 Å². The maximum absolute atomic E-state index is 12.5. The Bertz CT molecular complexity index is 725. The van der Waals surface area contributed by atoms with Crippen molar-refractivity contribution in [1.82, 2.24) is 20.0 Å². The van der Waals surface area contributed by atoms with Gasteiger partial charge in [-0.1, -0.05) is 12.1 Å². The van der Waals surface area contributed by atoms with E-state index in [1.807, 2.05) is 30.0 Å². The summed E-state index contributed by atoms with van der Waals surface area (Å²) in [5, 5.41) is 7.96. The van der Waals surface area contributed by atoms with Crippen molar-refractivity contribution in [3.05, 3.63) is 40.7 Å². The number of hydrogen-bond donors (Lipinski definition) is 1. The largest absolute Gasteiger partial charge is 0.336 e. The van der Waals surface area contributed by atoms with Crippen LogP contribution in [-0.2, 0) is 11.3 Å². The Labute approximate surface area is 122 Å². The molecule has 2 heterocycles. The van der Waals surface area contributed by atoms with Gasteiger partial charge >= 0.3 is 0 Å². The van der Waals surface area contributed by atoms with Crippen molar-refractivity contribution in [2.75, 3.05) is 19.6 Å². The topological polar surface area (TPSA) is 67.2 Å². The zero-order chi connectivity index (χ0) is 14.8. The van der Waals surface area contributed by atoms with E-state index < -0.39 is 0 Å². The number of aromatic nitrogens is 2. The predicted molar refractivity (Wildman–Crippen MR) is 80.0 cm³/mol. The van der Waals surface area contributed by atoms with Gasteiger partial charge in [-0.25, -0.2) is 0 Å². The van der Waals surface area contributed by atoms with Crippen LogP contribution in [0.25, 0.3) is 10.9 Å². The minimum Gasteiger partial charge on any atom is -0.336 e. The maximum atomic E-state index is 12.5. The lowest BCUT2D eigenvalue weighted by Gasteiger charge is -2.34. The van der Waals surface area contributed by atoms with Gasteiger partial charge in [0, 0.05) is 31.1 Å². The average Bonchev–Trinajstić information content (AvgIpc) is 2.51. The van der Waals surface area contributed by atoms with Crippen LogP contribution in [0.4, 0.5) is 0 Å². The van der Waals surface area contributed by atoms with Crippen LogP contribution in [-0.4, -0.2) is 46.3 Å². The van der Waals surface area contributed by atoms with Gasteiger partial charge in [0.05, 0.1) is 11.7 Å². The molecular weight excluding hydrogens is 268 g/mol. The molecule has 1 fully saturated rings. The molecule has 1 aliphatic rings. The first-order valence-corrected chi connectivity index (χ1v) is 7.12. The molecule has 0 saturated carbocycles. The second kappa shape index (κ2) is 5.65. The quantitative estimate of drug-likeness (QED) is 0.857. The van der Waals surface area contributed by atoms with Crippen molar-refractivity contribution in [3.63, 3.8) is 0 Å². The minimum atomic E-state index is -0.121.